The molecule has 0 heterocycles. The predicted octanol–water partition coefficient (Wildman–Crippen LogP) is 4.01. The molecular weight excluding hydrogens is 333 g/mol. The van der Waals surface area contributed by atoms with Crippen LogP contribution in [0.2, 0.25) is 0 Å². The lowest BCUT2D eigenvalue weighted by molar-refractivity contribution is -0.137. The van der Waals surface area contributed by atoms with Crippen LogP contribution < -0.4 is 10.2 Å². The van der Waals surface area contributed by atoms with Crippen LogP contribution in [0.4, 0.5) is 24.5 Å². The molecule has 2 rings (SSSR count). The number of para-hydroxylation sites is 1. The van der Waals surface area contributed by atoms with Gasteiger partial charge in [0.05, 0.1) is 5.56 Å². The normalized spacial score (nSPS) is 11.1. The minimum Gasteiger partial charge on any atom is -0.324 e. The third-order valence-corrected chi connectivity index (χ3v) is 3.59. The molecule has 132 valence electrons. The third-order valence-electron chi connectivity index (χ3n) is 3.59. The van der Waals surface area contributed by atoms with Gasteiger partial charge in [0.25, 0.3) is 0 Å². The van der Waals surface area contributed by atoms with Gasteiger partial charge in [0.2, 0.25) is 11.8 Å². The first-order chi connectivity index (χ1) is 11.7. The SMILES string of the molecule is CC(=O)N(CC(=O)Nc1ccccc1C)c1cccc(C(F)(F)F)c1. The number of benzene rings is 2. The number of hydrogen-bond acceptors (Lipinski definition) is 2. The van der Waals surface area contributed by atoms with Crippen molar-refractivity contribution in [3.8, 4) is 0 Å². The Hall–Kier alpha value is -2.83. The van der Waals surface area contributed by atoms with E-state index in [1.54, 1.807) is 12.1 Å². The van der Waals surface area contributed by atoms with Gasteiger partial charge in [-0.15, -0.1) is 0 Å². The van der Waals surface area contributed by atoms with Gasteiger partial charge in [-0.25, -0.2) is 0 Å². The molecule has 0 aliphatic rings. The second kappa shape index (κ2) is 7.38. The Morgan fingerprint density at radius 1 is 1.08 bits per heavy atom. The number of anilines is 2. The lowest BCUT2D eigenvalue weighted by Crippen LogP contribution is -2.36. The summed E-state index contributed by atoms with van der Waals surface area (Å²) in [6.45, 7) is 2.62. The van der Waals surface area contributed by atoms with Crippen molar-refractivity contribution in [1.29, 1.82) is 0 Å². The zero-order valence-electron chi connectivity index (χ0n) is 13.7. The van der Waals surface area contributed by atoms with Crippen LogP contribution in [0.15, 0.2) is 48.5 Å². The summed E-state index contributed by atoms with van der Waals surface area (Å²) >= 11 is 0. The lowest BCUT2D eigenvalue weighted by Gasteiger charge is -2.22. The van der Waals surface area contributed by atoms with E-state index in [1.807, 2.05) is 19.1 Å². The fourth-order valence-corrected chi connectivity index (χ4v) is 2.28. The van der Waals surface area contributed by atoms with Crippen LogP contribution >= 0.6 is 0 Å². The smallest absolute Gasteiger partial charge is 0.324 e. The first kappa shape index (κ1) is 18.5. The molecule has 2 amide bonds. The maximum Gasteiger partial charge on any atom is 0.416 e. The van der Waals surface area contributed by atoms with E-state index in [4.69, 9.17) is 0 Å². The average Bonchev–Trinajstić information content (AvgIpc) is 2.54. The van der Waals surface area contributed by atoms with Gasteiger partial charge in [-0.3, -0.25) is 9.59 Å². The molecule has 0 spiro atoms. The first-order valence-electron chi connectivity index (χ1n) is 7.49. The third kappa shape index (κ3) is 4.82. The molecule has 25 heavy (non-hydrogen) atoms. The summed E-state index contributed by atoms with van der Waals surface area (Å²) in [5.74, 6) is -1.03. The van der Waals surface area contributed by atoms with Gasteiger partial charge in [0, 0.05) is 18.3 Å². The number of halogens is 3. The van der Waals surface area contributed by atoms with E-state index in [9.17, 15) is 22.8 Å². The first-order valence-corrected chi connectivity index (χ1v) is 7.49. The van der Waals surface area contributed by atoms with Gasteiger partial charge in [-0.2, -0.15) is 13.2 Å². The van der Waals surface area contributed by atoms with Crippen molar-refractivity contribution in [2.24, 2.45) is 0 Å². The molecule has 0 aliphatic heterocycles. The van der Waals surface area contributed by atoms with Crippen LogP contribution in [0.5, 0.6) is 0 Å². The van der Waals surface area contributed by atoms with Crippen molar-refractivity contribution >= 4 is 23.2 Å². The molecule has 0 aliphatic carbocycles. The van der Waals surface area contributed by atoms with E-state index in [1.165, 1.54) is 19.1 Å². The van der Waals surface area contributed by atoms with Crippen LogP contribution in [-0.2, 0) is 15.8 Å². The zero-order chi connectivity index (χ0) is 18.6. The Balaban J connectivity index is 2.20. The van der Waals surface area contributed by atoms with Crippen molar-refractivity contribution in [3.63, 3.8) is 0 Å². The fraction of sp³-hybridized carbons (Fsp3) is 0.222. The lowest BCUT2D eigenvalue weighted by atomic mass is 10.1. The maximum absolute atomic E-state index is 12.8. The molecule has 0 saturated heterocycles. The summed E-state index contributed by atoms with van der Waals surface area (Å²) in [6, 6.07) is 11.4. The summed E-state index contributed by atoms with van der Waals surface area (Å²) in [6.07, 6.45) is -4.53. The van der Waals surface area contributed by atoms with E-state index >= 15 is 0 Å². The number of aryl methyl sites for hydroxylation is 1. The molecule has 2 aromatic carbocycles. The van der Waals surface area contributed by atoms with Crippen LogP contribution in [0.1, 0.15) is 18.1 Å². The average molecular weight is 350 g/mol. The molecule has 0 atom stereocenters. The van der Waals surface area contributed by atoms with Crippen LogP contribution in [-0.4, -0.2) is 18.4 Å². The number of alkyl halides is 3. The molecule has 1 N–H and O–H groups in total. The number of amides is 2. The van der Waals surface area contributed by atoms with Gasteiger partial charge < -0.3 is 10.2 Å². The Labute approximate surface area is 143 Å². The molecule has 0 fully saturated rings. The standard InChI is InChI=1S/C18H17F3N2O2/c1-12-6-3-4-9-16(12)22-17(25)11-23(13(2)24)15-8-5-7-14(10-15)18(19,20)21/h3-10H,11H2,1-2H3,(H,22,25). The molecule has 4 nitrogen and oxygen atoms in total. The highest BCUT2D eigenvalue weighted by molar-refractivity contribution is 6.02. The van der Waals surface area contributed by atoms with Crippen molar-refractivity contribution in [3.05, 3.63) is 59.7 Å². The fourth-order valence-electron chi connectivity index (χ4n) is 2.28. The largest absolute Gasteiger partial charge is 0.416 e. The summed E-state index contributed by atoms with van der Waals surface area (Å²) in [5.41, 5.74) is 0.558. The van der Waals surface area contributed by atoms with Gasteiger partial charge in [-0.05, 0) is 36.8 Å². The van der Waals surface area contributed by atoms with Crippen LogP contribution in [0, 0.1) is 6.92 Å². The number of hydrogen-bond donors (Lipinski definition) is 1. The highest BCUT2D eigenvalue weighted by Crippen LogP contribution is 2.31. The minimum atomic E-state index is -4.53. The number of carbonyl (C=O) groups excluding carboxylic acids is 2. The number of nitrogens with one attached hydrogen (secondary N) is 1. The van der Waals surface area contributed by atoms with Crippen LogP contribution in [0.25, 0.3) is 0 Å². The highest BCUT2D eigenvalue weighted by Gasteiger charge is 2.31. The maximum atomic E-state index is 12.8. The van der Waals surface area contributed by atoms with Gasteiger partial charge in [-0.1, -0.05) is 24.3 Å². The molecule has 0 bridgehead atoms. The topological polar surface area (TPSA) is 49.4 Å². The monoisotopic (exact) mass is 350 g/mol. The Morgan fingerprint density at radius 2 is 1.76 bits per heavy atom. The van der Waals surface area contributed by atoms with Gasteiger partial charge >= 0.3 is 6.18 Å². The van der Waals surface area contributed by atoms with Crippen molar-refractivity contribution in [1.82, 2.24) is 0 Å². The Kier molecular flexibility index (Phi) is 5.46. The summed E-state index contributed by atoms with van der Waals surface area (Å²) < 4.78 is 38.5. The molecule has 0 saturated carbocycles. The Bertz CT molecular complexity index is 788. The second-order valence-electron chi connectivity index (χ2n) is 5.52. The van der Waals surface area contributed by atoms with Gasteiger partial charge in [0.1, 0.15) is 6.54 Å². The van der Waals surface area contributed by atoms with Crippen LogP contribution in [0.3, 0.4) is 0 Å². The van der Waals surface area contributed by atoms with E-state index in [2.05, 4.69) is 5.32 Å². The van der Waals surface area contributed by atoms with E-state index in [-0.39, 0.29) is 12.2 Å². The summed E-state index contributed by atoms with van der Waals surface area (Å²) in [4.78, 5) is 25.0. The van der Waals surface area contributed by atoms with E-state index in [0.717, 1.165) is 22.6 Å². The van der Waals surface area contributed by atoms with Crippen molar-refractivity contribution < 1.29 is 22.8 Å². The zero-order valence-corrected chi connectivity index (χ0v) is 13.7. The van der Waals surface area contributed by atoms with Gasteiger partial charge in [0.15, 0.2) is 0 Å². The number of nitrogens with zero attached hydrogens (tertiary/aromatic N) is 1. The molecule has 0 radical (unpaired) electrons. The highest BCUT2D eigenvalue weighted by atomic mass is 19.4. The molecule has 7 heteroatoms. The molecule has 0 unspecified atom stereocenters. The molecule has 2 aromatic rings. The summed E-state index contributed by atoms with van der Waals surface area (Å²) in [7, 11) is 0. The second-order valence-corrected chi connectivity index (χ2v) is 5.52. The summed E-state index contributed by atoms with van der Waals surface area (Å²) in [5, 5.41) is 2.66. The quantitative estimate of drug-likeness (QED) is 0.906. The molecule has 0 aromatic heterocycles. The van der Waals surface area contributed by atoms with E-state index < -0.39 is 23.6 Å². The minimum absolute atomic E-state index is 0.0160. The Morgan fingerprint density at radius 3 is 2.36 bits per heavy atom. The number of rotatable bonds is 4. The van der Waals surface area contributed by atoms with E-state index in [0.29, 0.717) is 5.69 Å². The predicted molar refractivity (Wildman–Crippen MR) is 89.3 cm³/mol. The molecular formula is C18H17F3N2O2. The van der Waals surface area contributed by atoms with Crippen molar-refractivity contribution in [2.75, 3.05) is 16.8 Å². The van der Waals surface area contributed by atoms with Crippen molar-refractivity contribution in [2.45, 2.75) is 20.0 Å². The number of carbonyl (C=O) groups is 2.